The van der Waals surface area contributed by atoms with Crippen molar-refractivity contribution in [3.05, 3.63) is 29.3 Å². The number of anilines is 1. The van der Waals surface area contributed by atoms with Gasteiger partial charge in [-0.3, -0.25) is 9.69 Å². The van der Waals surface area contributed by atoms with Crippen molar-refractivity contribution in [1.29, 1.82) is 0 Å². The van der Waals surface area contributed by atoms with Gasteiger partial charge in [0.2, 0.25) is 0 Å². The van der Waals surface area contributed by atoms with Crippen LogP contribution in [0.25, 0.3) is 0 Å². The van der Waals surface area contributed by atoms with Crippen LogP contribution in [-0.4, -0.2) is 66.9 Å². The average Bonchev–Trinajstić information content (AvgIpc) is 3.10. The molecule has 2 heterocycles. The van der Waals surface area contributed by atoms with E-state index in [1.54, 1.807) is 23.1 Å². The van der Waals surface area contributed by atoms with Gasteiger partial charge in [0.05, 0.1) is 12.6 Å². The molecule has 2 N–H and O–H groups in total. The summed E-state index contributed by atoms with van der Waals surface area (Å²) in [5.74, 6) is 0.268. The number of Topliss-reactive ketones (excluding diaryl/α,β-unsaturated/α-hetero) is 1. The Balaban J connectivity index is 1.44. The van der Waals surface area contributed by atoms with Gasteiger partial charge in [0, 0.05) is 36.9 Å². The lowest BCUT2D eigenvalue weighted by Gasteiger charge is -2.34. The lowest BCUT2D eigenvalue weighted by atomic mass is 10.1. The molecule has 1 aromatic carbocycles. The summed E-state index contributed by atoms with van der Waals surface area (Å²) in [4.78, 5) is 28.4. The van der Waals surface area contributed by atoms with Crippen LogP contribution in [0.15, 0.2) is 24.3 Å². The number of urea groups is 1. The molecule has 1 atom stereocenters. The maximum atomic E-state index is 12.3. The van der Waals surface area contributed by atoms with Gasteiger partial charge in [-0.05, 0) is 37.6 Å². The SMILES string of the molecule is O=C(CN1CCN(C(=O)Nc2cccc(Cl)c2)CC1)[C@@H]1CCCN1. The first-order valence-corrected chi connectivity index (χ1v) is 8.79. The number of ketones is 1. The number of amides is 2. The summed E-state index contributed by atoms with van der Waals surface area (Å²) in [5.41, 5.74) is 0.692. The molecule has 2 fully saturated rings. The fourth-order valence-corrected chi connectivity index (χ4v) is 3.36. The number of hydrogen-bond acceptors (Lipinski definition) is 4. The van der Waals surface area contributed by atoms with E-state index >= 15 is 0 Å². The first-order chi connectivity index (χ1) is 11.6. The molecule has 2 amide bonds. The van der Waals surface area contributed by atoms with E-state index in [1.165, 1.54) is 0 Å². The van der Waals surface area contributed by atoms with Crippen molar-refractivity contribution in [1.82, 2.24) is 15.1 Å². The number of benzene rings is 1. The Morgan fingerprint density at radius 1 is 1.25 bits per heavy atom. The maximum absolute atomic E-state index is 12.3. The lowest BCUT2D eigenvalue weighted by Crippen LogP contribution is -2.52. The number of carbonyl (C=O) groups is 2. The Bertz CT molecular complexity index is 596. The third kappa shape index (κ3) is 4.47. The molecule has 0 saturated carbocycles. The topological polar surface area (TPSA) is 64.7 Å². The molecule has 0 unspecified atom stereocenters. The van der Waals surface area contributed by atoms with E-state index in [4.69, 9.17) is 11.6 Å². The highest BCUT2D eigenvalue weighted by Gasteiger charge is 2.26. The molecule has 24 heavy (non-hydrogen) atoms. The standard InChI is InChI=1S/C17H23ClN4O2/c18-13-3-1-4-14(11-13)20-17(24)22-9-7-21(8-10-22)12-16(23)15-5-2-6-19-15/h1,3-4,11,15,19H,2,5-10,12H2,(H,20,24)/t15-/m0/s1. The quantitative estimate of drug-likeness (QED) is 0.869. The van der Waals surface area contributed by atoms with Gasteiger partial charge in [0.1, 0.15) is 0 Å². The highest BCUT2D eigenvalue weighted by Crippen LogP contribution is 2.16. The largest absolute Gasteiger partial charge is 0.322 e. The highest BCUT2D eigenvalue weighted by atomic mass is 35.5. The zero-order chi connectivity index (χ0) is 16.9. The van der Waals surface area contributed by atoms with Crippen molar-refractivity contribution in [2.75, 3.05) is 44.6 Å². The smallest absolute Gasteiger partial charge is 0.321 e. The Kier molecular flexibility index (Phi) is 5.71. The molecule has 0 aliphatic carbocycles. The summed E-state index contributed by atoms with van der Waals surface area (Å²) in [5, 5.41) is 6.70. The number of rotatable bonds is 4. The van der Waals surface area contributed by atoms with Crippen molar-refractivity contribution in [3.63, 3.8) is 0 Å². The fraction of sp³-hybridized carbons (Fsp3) is 0.529. The number of carbonyl (C=O) groups excluding carboxylic acids is 2. The van der Waals surface area contributed by atoms with E-state index in [2.05, 4.69) is 15.5 Å². The molecule has 1 aromatic rings. The van der Waals surface area contributed by atoms with E-state index in [0.29, 0.717) is 30.3 Å². The van der Waals surface area contributed by atoms with Crippen LogP contribution in [-0.2, 0) is 4.79 Å². The van der Waals surface area contributed by atoms with Crippen molar-refractivity contribution in [2.24, 2.45) is 0 Å². The predicted octanol–water partition coefficient (Wildman–Crippen LogP) is 1.81. The molecule has 7 heteroatoms. The van der Waals surface area contributed by atoms with Crippen LogP contribution in [0.3, 0.4) is 0 Å². The summed E-state index contributed by atoms with van der Waals surface area (Å²) < 4.78 is 0. The van der Waals surface area contributed by atoms with Crippen molar-refractivity contribution in [2.45, 2.75) is 18.9 Å². The Morgan fingerprint density at radius 3 is 2.71 bits per heavy atom. The first kappa shape index (κ1) is 17.2. The molecule has 2 aliphatic rings. The molecule has 2 aliphatic heterocycles. The Morgan fingerprint density at radius 2 is 2.04 bits per heavy atom. The van der Waals surface area contributed by atoms with Crippen LogP contribution in [0.5, 0.6) is 0 Å². The van der Waals surface area contributed by atoms with Crippen LogP contribution in [0.2, 0.25) is 5.02 Å². The lowest BCUT2D eigenvalue weighted by molar-refractivity contribution is -0.122. The van der Waals surface area contributed by atoms with Crippen LogP contribution >= 0.6 is 11.6 Å². The molecule has 130 valence electrons. The van der Waals surface area contributed by atoms with Crippen LogP contribution < -0.4 is 10.6 Å². The second-order valence-electron chi connectivity index (χ2n) is 6.32. The Hall–Kier alpha value is -1.63. The van der Waals surface area contributed by atoms with E-state index in [9.17, 15) is 9.59 Å². The molecule has 3 rings (SSSR count). The third-order valence-corrected chi connectivity index (χ3v) is 4.80. The van der Waals surface area contributed by atoms with Gasteiger partial charge in [-0.1, -0.05) is 17.7 Å². The zero-order valence-electron chi connectivity index (χ0n) is 13.6. The maximum Gasteiger partial charge on any atom is 0.321 e. The average molecular weight is 351 g/mol. The van der Waals surface area contributed by atoms with Crippen LogP contribution in [0, 0.1) is 0 Å². The highest BCUT2D eigenvalue weighted by molar-refractivity contribution is 6.30. The van der Waals surface area contributed by atoms with Gasteiger partial charge in [0.25, 0.3) is 0 Å². The van der Waals surface area contributed by atoms with Gasteiger partial charge >= 0.3 is 6.03 Å². The Labute approximate surface area is 147 Å². The summed E-state index contributed by atoms with van der Waals surface area (Å²) in [6.45, 7) is 4.10. The summed E-state index contributed by atoms with van der Waals surface area (Å²) in [6, 6.07) is 7.01. The third-order valence-electron chi connectivity index (χ3n) is 4.56. The monoisotopic (exact) mass is 350 g/mol. The summed E-state index contributed by atoms with van der Waals surface area (Å²) in [7, 11) is 0. The molecular formula is C17H23ClN4O2. The molecule has 6 nitrogen and oxygen atoms in total. The fourth-order valence-electron chi connectivity index (χ4n) is 3.17. The molecule has 2 saturated heterocycles. The van der Waals surface area contributed by atoms with E-state index in [0.717, 1.165) is 32.5 Å². The number of halogens is 1. The summed E-state index contributed by atoms with van der Waals surface area (Å²) in [6.07, 6.45) is 2.02. The first-order valence-electron chi connectivity index (χ1n) is 8.42. The van der Waals surface area contributed by atoms with E-state index in [1.807, 2.05) is 6.07 Å². The van der Waals surface area contributed by atoms with Crippen molar-refractivity contribution >= 4 is 29.1 Å². The van der Waals surface area contributed by atoms with E-state index in [-0.39, 0.29) is 17.9 Å². The summed E-state index contributed by atoms with van der Waals surface area (Å²) >= 11 is 5.93. The minimum atomic E-state index is -0.124. The molecule has 0 spiro atoms. The predicted molar refractivity (Wildman–Crippen MR) is 94.5 cm³/mol. The van der Waals surface area contributed by atoms with Crippen molar-refractivity contribution < 1.29 is 9.59 Å². The molecule has 0 bridgehead atoms. The minimum absolute atomic E-state index is 0.0224. The molecular weight excluding hydrogens is 328 g/mol. The van der Waals surface area contributed by atoms with Gasteiger partial charge in [-0.25, -0.2) is 4.79 Å². The van der Waals surface area contributed by atoms with Crippen LogP contribution in [0.1, 0.15) is 12.8 Å². The van der Waals surface area contributed by atoms with Crippen molar-refractivity contribution in [3.8, 4) is 0 Å². The number of hydrogen-bond donors (Lipinski definition) is 2. The van der Waals surface area contributed by atoms with Gasteiger partial charge in [0.15, 0.2) is 5.78 Å². The molecule has 0 radical (unpaired) electrons. The minimum Gasteiger partial charge on any atom is -0.322 e. The normalized spacial score (nSPS) is 21.7. The molecule has 0 aromatic heterocycles. The second-order valence-corrected chi connectivity index (χ2v) is 6.76. The van der Waals surface area contributed by atoms with Crippen LogP contribution in [0.4, 0.5) is 10.5 Å². The number of nitrogens with one attached hydrogen (secondary N) is 2. The zero-order valence-corrected chi connectivity index (χ0v) is 14.4. The van der Waals surface area contributed by atoms with Gasteiger partial charge < -0.3 is 15.5 Å². The van der Waals surface area contributed by atoms with E-state index < -0.39 is 0 Å². The number of nitrogens with zero attached hydrogens (tertiary/aromatic N) is 2. The van der Waals surface area contributed by atoms with Gasteiger partial charge in [-0.15, -0.1) is 0 Å². The number of piperazine rings is 1. The van der Waals surface area contributed by atoms with Gasteiger partial charge in [-0.2, -0.15) is 0 Å². The second kappa shape index (κ2) is 7.96.